The fourth-order valence-corrected chi connectivity index (χ4v) is 3.15. The van der Waals surface area contributed by atoms with E-state index < -0.39 is 0 Å². The first kappa shape index (κ1) is 12.6. The summed E-state index contributed by atoms with van der Waals surface area (Å²) in [6.45, 7) is 5.97. The smallest absolute Gasteiger partial charge is 0.125 e. The topological polar surface area (TPSA) is 38.9 Å². The summed E-state index contributed by atoms with van der Waals surface area (Å²) < 4.78 is 0. The second-order valence-electron chi connectivity index (χ2n) is 4.64. The number of aryl methyl sites for hydroxylation is 1. The largest absolute Gasteiger partial charge is 0.321 e. The molecule has 0 aliphatic rings. The fraction of sp³-hybridized carbons (Fsp3) is 0.308. The minimum Gasteiger partial charge on any atom is -0.321 e. The molecule has 2 rings (SSSR count). The van der Waals surface area contributed by atoms with Crippen molar-refractivity contribution in [3.63, 3.8) is 0 Å². The Morgan fingerprint density at radius 2 is 1.94 bits per heavy atom. The molecule has 0 saturated carbocycles. The van der Waals surface area contributed by atoms with E-state index in [1.54, 1.807) is 11.3 Å². The van der Waals surface area contributed by atoms with Gasteiger partial charge in [0.15, 0.2) is 0 Å². The average Bonchev–Trinajstić information content (AvgIpc) is 2.60. The maximum absolute atomic E-state index is 6.17. The first-order valence-electron chi connectivity index (χ1n) is 5.41. The molecule has 1 aromatic carbocycles. The standard InChI is InChI=1S/C13H15ClN2S/c1-8-11(13(2,3)15)17-12(16-8)9-6-4-5-7-10(9)14/h4-7H,15H2,1-3H3. The van der Waals surface area contributed by atoms with Crippen LogP contribution >= 0.6 is 22.9 Å². The zero-order valence-electron chi connectivity index (χ0n) is 10.1. The predicted octanol–water partition coefficient (Wildman–Crippen LogP) is 3.97. The zero-order valence-corrected chi connectivity index (χ0v) is 11.7. The summed E-state index contributed by atoms with van der Waals surface area (Å²) in [4.78, 5) is 5.67. The Kier molecular flexibility index (Phi) is 3.25. The lowest BCUT2D eigenvalue weighted by atomic mass is 10.0. The summed E-state index contributed by atoms with van der Waals surface area (Å²) in [5, 5.41) is 1.66. The van der Waals surface area contributed by atoms with Gasteiger partial charge in [-0.25, -0.2) is 4.98 Å². The van der Waals surface area contributed by atoms with E-state index in [9.17, 15) is 0 Å². The van der Waals surface area contributed by atoms with E-state index in [-0.39, 0.29) is 5.54 Å². The molecule has 17 heavy (non-hydrogen) atoms. The molecule has 0 spiro atoms. The highest BCUT2D eigenvalue weighted by molar-refractivity contribution is 7.15. The van der Waals surface area contributed by atoms with Crippen LogP contribution in [0.4, 0.5) is 0 Å². The lowest BCUT2D eigenvalue weighted by molar-refractivity contribution is 0.562. The SMILES string of the molecule is Cc1nc(-c2ccccc2Cl)sc1C(C)(C)N. The highest BCUT2D eigenvalue weighted by atomic mass is 35.5. The predicted molar refractivity (Wildman–Crippen MR) is 74.5 cm³/mol. The molecule has 0 amide bonds. The molecular formula is C13H15ClN2S. The number of halogens is 1. The van der Waals surface area contributed by atoms with E-state index in [4.69, 9.17) is 17.3 Å². The van der Waals surface area contributed by atoms with Crippen molar-refractivity contribution in [3.8, 4) is 10.6 Å². The Morgan fingerprint density at radius 3 is 2.47 bits per heavy atom. The Bertz CT molecular complexity index is 541. The van der Waals surface area contributed by atoms with Gasteiger partial charge in [-0.15, -0.1) is 11.3 Å². The summed E-state index contributed by atoms with van der Waals surface area (Å²) in [6.07, 6.45) is 0. The molecule has 2 nitrogen and oxygen atoms in total. The van der Waals surface area contributed by atoms with Gasteiger partial charge in [-0.2, -0.15) is 0 Å². The number of nitrogens with two attached hydrogens (primary N) is 1. The lowest BCUT2D eigenvalue weighted by Gasteiger charge is -2.16. The van der Waals surface area contributed by atoms with Crippen molar-refractivity contribution in [2.24, 2.45) is 5.73 Å². The van der Waals surface area contributed by atoms with E-state index in [0.29, 0.717) is 0 Å². The third-order valence-electron chi connectivity index (χ3n) is 2.49. The van der Waals surface area contributed by atoms with Crippen molar-refractivity contribution >= 4 is 22.9 Å². The van der Waals surface area contributed by atoms with E-state index in [1.807, 2.05) is 45.0 Å². The maximum atomic E-state index is 6.17. The molecule has 0 aliphatic carbocycles. The highest BCUT2D eigenvalue weighted by Crippen LogP contribution is 2.36. The van der Waals surface area contributed by atoms with Crippen molar-refractivity contribution in [2.45, 2.75) is 26.3 Å². The summed E-state index contributed by atoms with van der Waals surface area (Å²) in [5.41, 5.74) is 7.72. The Balaban J connectivity index is 2.53. The molecular weight excluding hydrogens is 252 g/mol. The van der Waals surface area contributed by atoms with Crippen molar-refractivity contribution in [1.82, 2.24) is 4.98 Å². The fourth-order valence-electron chi connectivity index (χ4n) is 1.74. The van der Waals surface area contributed by atoms with Gasteiger partial charge in [0.25, 0.3) is 0 Å². The third-order valence-corrected chi connectivity index (χ3v) is 4.35. The first-order chi connectivity index (χ1) is 7.89. The van der Waals surface area contributed by atoms with Crippen LogP contribution in [0, 0.1) is 6.92 Å². The summed E-state index contributed by atoms with van der Waals surface area (Å²) in [7, 11) is 0. The zero-order chi connectivity index (χ0) is 12.6. The van der Waals surface area contributed by atoms with Crippen LogP contribution in [-0.4, -0.2) is 4.98 Å². The van der Waals surface area contributed by atoms with Gasteiger partial charge < -0.3 is 5.73 Å². The number of benzene rings is 1. The second kappa shape index (κ2) is 4.41. The molecule has 0 atom stereocenters. The van der Waals surface area contributed by atoms with Crippen molar-refractivity contribution in [1.29, 1.82) is 0 Å². The molecule has 0 saturated heterocycles. The van der Waals surface area contributed by atoms with Crippen molar-refractivity contribution in [2.75, 3.05) is 0 Å². The first-order valence-corrected chi connectivity index (χ1v) is 6.60. The molecule has 0 unspecified atom stereocenters. The van der Waals surface area contributed by atoms with Crippen LogP contribution in [-0.2, 0) is 5.54 Å². The van der Waals surface area contributed by atoms with E-state index in [2.05, 4.69) is 4.98 Å². The minimum absolute atomic E-state index is 0.360. The number of thiazole rings is 1. The lowest BCUT2D eigenvalue weighted by Crippen LogP contribution is -2.28. The molecule has 2 aromatic rings. The molecule has 0 radical (unpaired) electrons. The second-order valence-corrected chi connectivity index (χ2v) is 6.04. The highest BCUT2D eigenvalue weighted by Gasteiger charge is 2.22. The number of rotatable bonds is 2. The quantitative estimate of drug-likeness (QED) is 0.893. The molecule has 1 heterocycles. The molecule has 90 valence electrons. The molecule has 0 fully saturated rings. The van der Waals surface area contributed by atoms with Crippen LogP contribution in [0.15, 0.2) is 24.3 Å². The molecule has 0 bridgehead atoms. The maximum Gasteiger partial charge on any atom is 0.125 e. The number of nitrogens with zero attached hydrogens (tertiary/aromatic N) is 1. The van der Waals surface area contributed by atoms with Gasteiger partial charge in [-0.3, -0.25) is 0 Å². The van der Waals surface area contributed by atoms with Crippen molar-refractivity contribution in [3.05, 3.63) is 39.9 Å². The summed E-state index contributed by atoms with van der Waals surface area (Å²) >= 11 is 7.78. The van der Waals surface area contributed by atoms with E-state index >= 15 is 0 Å². The average molecular weight is 267 g/mol. The van der Waals surface area contributed by atoms with Gasteiger partial charge in [0.05, 0.1) is 10.7 Å². The van der Waals surface area contributed by atoms with Gasteiger partial charge in [0.1, 0.15) is 5.01 Å². The third kappa shape index (κ3) is 2.51. The Labute approximate surface area is 110 Å². The molecule has 0 aliphatic heterocycles. The number of hydrogen-bond donors (Lipinski definition) is 1. The van der Waals surface area contributed by atoms with Crippen LogP contribution in [0.2, 0.25) is 5.02 Å². The van der Waals surface area contributed by atoms with Gasteiger partial charge in [-0.05, 0) is 26.8 Å². The van der Waals surface area contributed by atoms with Gasteiger partial charge in [0, 0.05) is 16.0 Å². The summed E-state index contributed by atoms with van der Waals surface area (Å²) in [6, 6.07) is 7.74. The van der Waals surface area contributed by atoms with Crippen LogP contribution < -0.4 is 5.73 Å². The van der Waals surface area contributed by atoms with Crippen LogP contribution in [0.5, 0.6) is 0 Å². The normalized spacial score (nSPS) is 11.8. The molecule has 1 aromatic heterocycles. The van der Waals surface area contributed by atoms with Crippen molar-refractivity contribution < 1.29 is 0 Å². The molecule has 4 heteroatoms. The Morgan fingerprint density at radius 1 is 1.29 bits per heavy atom. The van der Waals surface area contributed by atoms with Gasteiger partial charge in [-0.1, -0.05) is 29.8 Å². The minimum atomic E-state index is -0.360. The van der Waals surface area contributed by atoms with Gasteiger partial charge >= 0.3 is 0 Å². The number of hydrogen-bond acceptors (Lipinski definition) is 3. The molecule has 2 N–H and O–H groups in total. The summed E-state index contributed by atoms with van der Waals surface area (Å²) in [5.74, 6) is 0. The Hall–Kier alpha value is -0.900. The number of aromatic nitrogens is 1. The van der Waals surface area contributed by atoms with Gasteiger partial charge in [0.2, 0.25) is 0 Å². The van der Waals surface area contributed by atoms with E-state index in [0.717, 1.165) is 26.2 Å². The van der Waals surface area contributed by atoms with Crippen LogP contribution in [0.25, 0.3) is 10.6 Å². The van der Waals surface area contributed by atoms with E-state index in [1.165, 1.54) is 0 Å². The van der Waals surface area contributed by atoms with Crippen LogP contribution in [0.3, 0.4) is 0 Å². The monoisotopic (exact) mass is 266 g/mol. The van der Waals surface area contributed by atoms with Crippen LogP contribution in [0.1, 0.15) is 24.4 Å².